The lowest BCUT2D eigenvalue weighted by Gasteiger charge is -2.03. The lowest BCUT2D eigenvalue weighted by molar-refractivity contribution is 0.205. The maximum absolute atomic E-state index is 9.63. The molecule has 0 saturated heterocycles. The molecule has 0 fully saturated rings. The smallest absolute Gasteiger partial charge is 0.356 e. The van der Waals surface area contributed by atoms with Gasteiger partial charge in [0.05, 0.1) is 0 Å². The van der Waals surface area contributed by atoms with Crippen molar-refractivity contribution >= 4 is 15.6 Å². The molecule has 0 unspecified atom stereocenters. The third-order valence-corrected chi connectivity index (χ3v) is 2.29. The first-order chi connectivity index (χ1) is 7.12. The van der Waals surface area contributed by atoms with Crippen molar-refractivity contribution < 1.29 is 37.8 Å². The van der Waals surface area contributed by atoms with E-state index in [9.17, 15) is 9.13 Å². The van der Waals surface area contributed by atoms with Crippen molar-refractivity contribution in [3.8, 4) is 24.7 Å². The molecular weight excluding hydrogens is 262 g/mol. The Hall–Kier alpha value is -0.660. The minimum Gasteiger partial charge on any atom is -0.356 e. The van der Waals surface area contributed by atoms with Crippen LogP contribution >= 0.6 is 15.6 Å². The molecule has 0 spiro atoms. The fraction of sp³-hybridized carbons (Fsp3) is 0.333. The Kier molecular flexibility index (Phi) is 9.40. The summed E-state index contributed by atoms with van der Waals surface area (Å²) in [4.78, 5) is 31.0. The van der Waals surface area contributed by atoms with Gasteiger partial charge in [-0.3, -0.25) is 0 Å². The molecule has 0 aromatic rings. The first-order valence-corrected chi connectivity index (χ1v) is 6.45. The normalized spacial score (nSPS) is 10.6. The second-order valence-electron chi connectivity index (χ2n) is 1.96. The van der Waals surface area contributed by atoms with E-state index >= 15 is 0 Å². The van der Waals surface area contributed by atoms with Crippen LogP contribution < -0.4 is 0 Å². The Morgan fingerprint density at radius 3 is 1.38 bits per heavy atom. The van der Waals surface area contributed by atoms with E-state index in [1.807, 2.05) is 0 Å². The molecule has 0 aliphatic heterocycles. The summed E-state index contributed by atoms with van der Waals surface area (Å²) in [7, 11) is -10.1. The third-order valence-electron chi connectivity index (χ3n) is 0.584. The summed E-state index contributed by atoms with van der Waals surface area (Å²) in [5, 5.41) is 0. The van der Waals surface area contributed by atoms with Crippen LogP contribution in [0.2, 0.25) is 0 Å². The monoisotopic (exact) mass is 272 g/mol. The van der Waals surface area contributed by atoms with Crippen molar-refractivity contribution in [2.24, 2.45) is 0 Å². The predicted molar refractivity (Wildman–Crippen MR) is 53.7 cm³/mol. The number of rotatable bonds is 4. The van der Waals surface area contributed by atoms with Gasteiger partial charge in [0.1, 0.15) is 13.2 Å². The molecule has 0 amide bonds. The van der Waals surface area contributed by atoms with E-state index in [4.69, 9.17) is 32.4 Å². The highest BCUT2D eigenvalue weighted by Crippen LogP contribution is 2.53. The second kappa shape index (κ2) is 8.49. The molecule has 0 bridgehead atoms. The van der Waals surface area contributed by atoms with E-state index in [0.29, 0.717) is 13.2 Å². The Bertz CT molecular complexity index is 318. The van der Waals surface area contributed by atoms with Gasteiger partial charge in [0.25, 0.3) is 0 Å². The molecule has 4 N–H and O–H groups in total. The van der Waals surface area contributed by atoms with Crippen LogP contribution in [-0.4, -0.2) is 32.8 Å². The standard InChI is InChI=1S/C6H6O.H4O7P2/c1-3-5-7-6-4-2;1-8(2,3)7-9(4,5)6/h1-2H,5-6H2;(H2,1,2,3)(H2,4,5,6). The van der Waals surface area contributed by atoms with E-state index in [2.05, 4.69) is 20.9 Å². The maximum atomic E-state index is 9.63. The molecule has 0 heterocycles. The predicted octanol–water partition coefficient (Wildman–Crippen LogP) is -0.542. The van der Waals surface area contributed by atoms with E-state index in [1.165, 1.54) is 0 Å². The Morgan fingerprint density at radius 1 is 0.938 bits per heavy atom. The van der Waals surface area contributed by atoms with Gasteiger partial charge in [-0.15, -0.1) is 12.8 Å². The number of phosphoric acid groups is 2. The molecule has 0 atom stereocenters. The van der Waals surface area contributed by atoms with Crippen molar-refractivity contribution in [1.29, 1.82) is 0 Å². The van der Waals surface area contributed by atoms with Gasteiger partial charge in [-0.2, -0.15) is 4.31 Å². The van der Waals surface area contributed by atoms with Crippen molar-refractivity contribution in [3.63, 3.8) is 0 Å². The van der Waals surface area contributed by atoms with Crippen LogP contribution in [-0.2, 0) is 18.2 Å². The van der Waals surface area contributed by atoms with E-state index < -0.39 is 15.6 Å². The van der Waals surface area contributed by atoms with E-state index in [-0.39, 0.29) is 0 Å². The third kappa shape index (κ3) is 23.3. The van der Waals surface area contributed by atoms with Crippen molar-refractivity contribution in [1.82, 2.24) is 0 Å². The van der Waals surface area contributed by atoms with Crippen LogP contribution in [0.4, 0.5) is 0 Å². The first kappa shape index (κ1) is 17.7. The largest absolute Gasteiger partial charge is 0.478 e. The summed E-state index contributed by atoms with van der Waals surface area (Å²) in [5.74, 6) is 4.57. The van der Waals surface area contributed by atoms with Crippen molar-refractivity contribution in [3.05, 3.63) is 0 Å². The van der Waals surface area contributed by atoms with Gasteiger partial charge in [0, 0.05) is 0 Å². The zero-order valence-electron chi connectivity index (χ0n) is 7.89. The number of terminal acetylenes is 2. The molecule has 92 valence electrons. The van der Waals surface area contributed by atoms with Crippen LogP contribution in [0.3, 0.4) is 0 Å². The molecule has 0 aliphatic rings. The zero-order valence-corrected chi connectivity index (χ0v) is 9.67. The van der Waals surface area contributed by atoms with Crippen molar-refractivity contribution in [2.75, 3.05) is 13.2 Å². The fourth-order valence-electron chi connectivity index (χ4n) is 0.307. The summed E-state index contributed by atoms with van der Waals surface area (Å²) in [6, 6.07) is 0. The van der Waals surface area contributed by atoms with Crippen LogP contribution in [0.25, 0.3) is 0 Å². The fourth-order valence-corrected chi connectivity index (χ4v) is 1.42. The van der Waals surface area contributed by atoms with Crippen molar-refractivity contribution in [2.45, 2.75) is 0 Å². The lowest BCUT2D eigenvalue weighted by atomic mass is 10.7. The summed E-state index contributed by atoms with van der Waals surface area (Å²) in [5.41, 5.74) is 0. The summed E-state index contributed by atoms with van der Waals surface area (Å²) < 4.78 is 26.9. The number of hydrogen-bond acceptors (Lipinski definition) is 4. The molecule has 0 rings (SSSR count). The summed E-state index contributed by atoms with van der Waals surface area (Å²) in [6.45, 7) is 0.619. The highest BCUT2D eigenvalue weighted by atomic mass is 31.3. The minimum atomic E-state index is -5.05. The van der Waals surface area contributed by atoms with Crippen LogP contribution in [0.5, 0.6) is 0 Å². The Labute approximate surface area is 92.1 Å². The lowest BCUT2D eigenvalue weighted by Crippen LogP contribution is -1.89. The summed E-state index contributed by atoms with van der Waals surface area (Å²) in [6.07, 6.45) is 9.65. The molecule has 16 heavy (non-hydrogen) atoms. The van der Waals surface area contributed by atoms with Gasteiger partial charge in [0.15, 0.2) is 0 Å². The average Bonchev–Trinajstić information content (AvgIpc) is 1.99. The van der Waals surface area contributed by atoms with Gasteiger partial charge < -0.3 is 24.3 Å². The molecule has 0 radical (unpaired) electrons. The SMILES string of the molecule is C#CCOCC#C.O=P(O)(O)OP(=O)(O)O. The Morgan fingerprint density at radius 2 is 1.25 bits per heavy atom. The van der Waals surface area contributed by atoms with Crippen LogP contribution in [0, 0.1) is 24.7 Å². The topological polar surface area (TPSA) is 134 Å². The number of hydrogen-bond donors (Lipinski definition) is 4. The maximum Gasteiger partial charge on any atom is 0.478 e. The minimum absolute atomic E-state index is 0.310. The van der Waals surface area contributed by atoms with Gasteiger partial charge in [0.2, 0.25) is 0 Å². The zero-order chi connectivity index (χ0) is 13.2. The van der Waals surface area contributed by atoms with E-state index in [1.54, 1.807) is 0 Å². The quantitative estimate of drug-likeness (QED) is 0.304. The highest BCUT2D eigenvalue weighted by Gasteiger charge is 2.27. The molecule has 0 saturated carbocycles. The average molecular weight is 272 g/mol. The molecular formula is C6H10O8P2. The second-order valence-corrected chi connectivity index (χ2v) is 4.58. The highest BCUT2D eigenvalue weighted by molar-refractivity contribution is 7.60. The van der Waals surface area contributed by atoms with E-state index in [0.717, 1.165) is 0 Å². The molecule has 0 aromatic heterocycles. The van der Waals surface area contributed by atoms with Gasteiger partial charge >= 0.3 is 15.6 Å². The molecule has 0 aromatic carbocycles. The number of ether oxygens (including phenoxy) is 1. The van der Waals surface area contributed by atoms with Gasteiger partial charge in [-0.05, 0) is 0 Å². The van der Waals surface area contributed by atoms with Gasteiger partial charge in [-0.25, -0.2) is 9.13 Å². The molecule has 8 nitrogen and oxygen atoms in total. The van der Waals surface area contributed by atoms with Crippen LogP contribution in [0.15, 0.2) is 0 Å². The summed E-state index contributed by atoms with van der Waals surface area (Å²) >= 11 is 0. The molecule has 0 aliphatic carbocycles. The van der Waals surface area contributed by atoms with Crippen LogP contribution in [0.1, 0.15) is 0 Å². The van der Waals surface area contributed by atoms with Gasteiger partial charge in [-0.1, -0.05) is 11.8 Å². The Balaban J connectivity index is 0. The first-order valence-electron chi connectivity index (χ1n) is 3.39. The molecule has 10 heteroatoms.